The van der Waals surface area contributed by atoms with E-state index in [9.17, 15) is 4.79 Å². The fourth-order valence-corrected chi connectivity index (χ4v) is 3.17. The SMILES string of the molecule is COCOc1ccc(-c2ccc(C)cc2)c(/C=C/CCc2ccc(C(=O)O)cc2)c1. The number of aromatic carboxylic acids is 1. The predicted molar refractivity (Wildman–Crippen MR) is 120 cm³/mol. The number of carbonyl (C=O) groups is 1. The van der Waals surface area contributed by atoms with Gasteiger partial charge in [0.2, 0.25) is 0 Å². The number of benzene rings is 3. The molecule has 0 radical (unpaired) electrons. The smallest absolute Gasteiger partial charge is 0.335 e. The summed E-state index contributed by atoms with van der Waals surface area (Å²) in [6.45, 7) is 2.29. The summed E-state index contributed by atoms with van der Waals surface area (Å²) in [4.78, 5) is 11.0. The second-order valence-corrected chi connectivity index (χ2v) is 7.11. The molecule has 0 bridgehead atoms. The Balaban J connectivity index is 1.75. The van der Waals surface area contributed by atoms with Gasteiger partial charge >= 0.3 is 5.97 Å². The van der Waals surface area contributed by atoms with Crippen molar-refractivity contribution in [3.05, 3.63) is 95.1 Å². The Bertz CT molecular complexity index is 1000. The van der Waals surface area contributed by atoms with Crippen molar-refractivity contribution in [2.45, 2.75) is 19.8 Å². The van der Waals surface area contributed by atoms with Crippen molar-refractivity contribution < 1.29 is 19.4 Å². The molecule has 154 valence electrons. The molecule has 0 aromatic heterocycles. The second kappa shape index (κ2) is 10.4. The molecule has 0 fully saturated rings. The standard InChI is InChI=1S/C26H26O4/c1-19-7-11-21(12-8-19)25-16-15-24(30-18-29-2)17-23(25)6-4-3-5-20-9-13-22(14-10-20)26(27)28/h4,6-17H,3,5,18H2,1-2H3,(H,27,28)/b6-4+. The Morgan fingerprint density at radius 3 is 2.40 bits per heavy atom. The highest BCUT2D eigenvalue weighted by Gasteiger charge is 2.06. The number of carboxylic acids is 1. The lowest BCUT2D eigenvalue weighted by molar-refractivity contribution is 0.0511. The van der Waals surface area contributed by atoms with E-state index in [1.54, 1.807) is 19.2 Å². The van der Waals surface area contributed by atoms with Gasteiger partial charge in [-0.2, -0.15) is 0 Å². The van der Waals surface area contributed by atoms with Crippen LogP contribution in [0.2, 0.25) is 0 Å². The second-order valence-electron chi connectivity index (χ2n) is 7.11. The molecule has 0 unspecified atom stereocenters. The van der Waals surface area contributed by atoms with E-state index in [1.165, 1.54) is 5.56 Å². The number of carboxylic acid groups (broad SMARTS) is 1. The molecule has 30 heavy (non-hydrogen) atoms. The predicted octanol–water partition coefficient (Wildman–Crippen LogP) is 5.99. The summed E-state index contributed by atoms with van der Waals surface area (Å²) in [5.74, 6) is -0.141. The van der Waals surface area contributed by atoms with Gasteiger partial charge < -0.3 is 14.6 Å². The van der Waals surface area contributed by atoms with Crippen LogP contribution in [-0.2, 0) is 11.2 Å². The third-order valence-corrected chi connectivity index (χ3v) is 4.83. The van der Waals surface area contributed by atoms with Crippen LogP contribution >= 0.6 is 0 Å². The molecular formula is C26H26O4. The Morgan fingerprint density at radius 2 is 1.73 bits per heavy atom. The van der Waals surface area contributed by atoms with Crippen molar-refractivity contribution in [2.75, 3.05) is 13.9 Å². The average Bonchev–Trinajstić information content (AvgIpc) is 2.76. The van der Waals surface area contributed by atoms with Crippen LogP contribution in [-0.4, -0.2) is 25.0 Å². The van der Waals surface area contributed by atoms with Gasteiger partial charge in [-0.1, -0.05) is 60.2 Å². The number of ether oxygens (including phenoxy) is 2. The van der Waals surface area contributed by atoms with E-state index in [-0.39, 0.29) is 6.79 Å². The molecule has 4 nitrogen and oxygen atoms in total. The van der Waals surface area contributed by atoms with Crippen LogP contribution in [0.15, 0.2) is 72.8 Å². The van der Waals surface area contributed by atoms with Crippen molar-refractivity contribution >= 4 is 12.0 Å². The molecule has 4 heteroatoms. The van der Waals surface area contributed by atoms with E-state index in [1.807, 2.05) is 24.3 Å². The lowest BCUT2D eigenvalue weighted by Gasteiger charge is -2.11. The molecule has 3 rings (SSSR count). The maximum Gasteiger partial charge on any atom is 0.335 e. The Hall–Kier alpha value is -3.37. The highest BCUT2D eigenvalue weighted by molar-refractivity contribution is 5.87. The van der Waals surface area contributed by atoms with Crippen LogP contribution in [0, 0.1) is 6.92 Å². The first kappa shape index (κ1) is 21.3. The van der Waals surface area contributed by atoms with Gasteiger partial charge in [-0.15, -0.1) is 0 Å². The lowest BCUT2D eigenvalue weighted by Crippen LogP contribution is -1.99. The maximum atomic E-state index is 11.0. The number of hydrogen-bond acceptors (Lipinski definition) is 3. The van der Waals surface area contributed by atoms with Gasteiger partial charge in [0.25, 0.3) is 0 Å². The summed E-state index contributed by atoms with van der Waals surface area (Å²) >= 11 is 0. The van der Waals surface area contributed by atoms with Gasteiger partial charge in [-0.25, -0.2) is 4.79 Å². The quantitative estimate of drug-likeness (QED) is 0.447. The van der Waals surface area contributed by atoms with Crippen molar-refractivity contribution in [3.63, 3.8) is 0 Å². The summed E-state index contributed by atoms with van der Waals surface area (Å²) < 4.78 is 10.6. The van der Waals surface area contributed by atoms with Crippen LogP contribution in [0.5, 0.6) is 5.75 Å². The zero-order valence-electron chi connectivity index (χ0n) is 17.3. The van der Waals surface area contributed by atoms with Crippen LogP contribution in [0.4, 0.5) is 0 Å². The van der Waals surface area contributed by atoms with E-state index in [2.05, 4.69) is 49.4 Å². The van der Waals surface area contributed by atoms with E-state index in [0.717, 1.165) is 40.8 Å². The largest absolute Gasteiger partial charge is 0.478 e. The summed E-state index contributed by atoms with van der Waals surface area (Å²) in [5.41, 5.74) is 6.02. The molecule has 3 aromatic carbocycles. The highest BCUT2D eigenvalue weighted by Crippen LogP contribution is 2.29. The maximum absolute atomic E-state index is 11.0. The molecule has 0 saturated carbocycles. The fourth-order valence-electron chi connectivity index (χ4n) is 3.17. The molecule has 3 aromatic rings. The molecule has 0 aliphatic rings. The van der Waals surface area contributed by atoms with Gasteiger partial charge in [0, 0.05) is 7.11 Å². The zero-order valence-corrected chi connectivity index (χ0v) is 17.3. The Kier molecular flexibility index (Phi) is 7.41. The number of aryl methyl sites for hydroxylation is 2. The minimum atomic E-state index is -0.902. The number of methoxy groups -OCH3 is 1. The van der Waals surface area contributed by atoms with E-state index < -0.39 is 5.97 Å². The Morgan fingerprint density at radius 1 is 1.00 bits per heavy atom. The van der Waals surface area contributed by atoms with Crippen molar-refractivity contribution in [1.29, 1.82) is 0 Å². The van der Waals surface area contributed by atoms with E-state index >= 15 is 0 Å². The summed E-state index contributed by atoms with van der Waals surface area (Å²) in [7, 11) is 1.60. The van der Waals surface area contributed by atoms with Crippen molar-refractivity contribution in [2.24, 2.45) is 0 Å². The first-order valence-electron chi connectivity index (χ1n) is 9.88. The van der Waals surface area contributed by atoms with Gasteiger partial charge in [0.15, 0.2) is 6.79 Å². The van der Waals surface area contributed by atoms with Crippen LogP contribution in [0.3, 0.4) is 0 Å². The third-order valence-electron chi connectivity index (χ3n) is 4.83. The lowest BCUT2D eigenvalue weighted by atomic mass is 9.97. The Labute approximate surface area is 177 Å². The van der Waals surface area contributed by atoms with Gasteiger partial charge in [0.05, 0.1) is 5.56 Å². The summed E-state index contributed by atoms with van der Waals surface area (Å²) in [6.07, 6.45) is 5.94. The highest BCUT2D eigenvalue weighted by atomic mass is 16.7. The average molecular weight is 402 g/mol. The van der Waals surface area contributed by atoms with Gasteiger partial charge in [-0.3, -0.25) is 0 Å². The molecule has 0 spiro atoms. The molecule has 0 aliphatic heterocycles. The zero-order chi connectivity index (χ0) is 21.3. The molecule has 0 aliphatic carbocycles. The topological polar surface area (TPSA) is 55.8 Å². The summed E-state index contributed by atoms with van der Waals surface area (Å²) in [6, 6.07) is 21.5. The molecule has 1 N–H and O–H groups in total. The third kappa shape index (κ3) is 5.82. The van der Waals surface area contributed by atoms with Crippen molar-refractivity contribution in [1.82, 2.24) is 0 Å². The molecule has 0 heterocycles. The van der Waals surface area contributed by atoms with Crippen LogP contribution in [0.1, 0.15) is 33.5 Å². The first-order valence-corrected chi connectivity index (χ1v) is 9.88. The van der Waals surface area contributed by atoms with E-state index in [4.69, 9.17) is 14.6 Å². The van der Waals surface area contributed by atoms with Crippen LogP contribution < -0.4 is 4.74 Å². The molecular weight excluding hydrogens is 376 g/mol. The van der Waals surface area contributed by atoms with Crippen LogP contribution in [0.25, 0.3) is 17.2 Å². The normalized spacial score (nSPS) is 11.0. The van der Waals surface area contributed by atoms with Gasteiger partial charge in [0.1, 0.15) is 5.75 Å². The monoisotopic (exact) mass is 402 g/mol. The fraction of sp³-hybridized carbons (Fsp3) is 0.192. The molecule has 0 atom stereocenters. The van der Waals surface area contributed by atoms with Gasteiger partial charge in [-0.05, 0) is 66.3 Å². The summed E-state index contributed by atoms with van der Waals surface area (Å²) in [5, 5.41) is 9.00. The number of allylic oxidation sites excluding steroid dienone is 1. The minimum absolute atomic E-state index is 0.208. The number of hydrogen-bond donors (Lipinski definition) is 1. The molecule has 0 saturated heterocycles. The molecule has 0 amide bonds. The van der Waals surface area contributed by atoms with Crippen molar-refractivity contribution in [3.8, 4) is 16.9 Å². The minimum Gasteiger partial charge on any atom is -0.478 e. The van der Waals surface area contributed by atoms with E-state index in [0.29, 0.717) is 5.56 Å². The number of rotatable bonds is 9. The first-order chi connectivity index (χ1) is 14.6.